The zero-order chi connectivity index (χ0) is 17.9. The monoisotopic (exact) mass is 354 g/mol. The molecule has 134 valence electrons. The van der Waals surface area contributed by atoms with Crippen LogP contribution in [0.25, 0.3) is 0 Å². The van der Waals surface area contributed by atoms with Crippen molar-refractivity contribution in [3.8, 4) is 5.75 Å². The van der Waals surface area contributed by atoms with Gasteiger partial charge in [0.1, 0.15) is 5.75 Å². The van der Waals surface area contributed by atoms with E-state index in [9.17, 15) is 13.2 Å². The van der Waals surface area contributed by atoms with E-state index in [1.807, 2.05) is 13.8 Å². The fourth-order valence-corrected chi connectivity index (χ4v) is 4.81. The molecule has 1 aliphatic heterocycles. The smallest absolute Gasteiger partial charge is 0.243 e. The summed E-state index contributed by atoms with van der Waals surface area (Å²) in [4.78, 5) is 12.0. The van der Waals surface area contributed by atoms with E-state index < -0.39 is 10.0 Å². The molecule has 0 aromatic heterocycles. The maximum absolute atomic E-state index is 13.0. The zero-order valence-corrected chi connectivity index (χ0v) is 15.6. The second-order valence-corrected chi connectivity index (χ2v) is 8.02. The van der Waals surface area contributed by atoms with Gasteiger partial charge in [-0.15, -0.1) is 0 Å². The normalized spacial score (nSPS) is 16.8. The van der Waals surface area contributed by atoms with Gasteiger partial charge in [-0.05, 0) is 56.9 Å². The van der Waals surface area contributed by atoms with Gasteiger partial charge in [0.15, 0.2) is 0 Å². The van der Waals surface area contributed by atoms with Gasteiger partial charge in [0.25, 0.3) is 0 Å². The predicted octanol–water partition coefficient (Wildman–Crippen LogP) is 1.85. The molecule has 7 heteroatoms. The van der Waals surface area contributed by atoms with Crippen LogP contribution in [0.3, 0.4) is 0 Å². The van der Waals surface area contributed by atoms with E-state index in [1.165, 1.54) is 4.31 Å². The van der Waals surface area contributed by atoms with Crippen molar-refractivity contribution in [3.05, 3.63) is 23.3 Å². The summed E-state index contributed by atoms with van der Waals surface area (Å²) < 4.78 is 32.9. The van der Waals surface area contributed by atoms with Crippen molar-refractivity contribution in [2.24, 2.45) is 5.92 Å². The Bertz CT molecular complexity index is 708. The first-order valence-corrected chi connectivity index (χ1v) is 9.71. The van der Waals surface area contributed by atoms with Crippen LogP contribution in [-0.4, -0.2) is 45.4 Å². The number of piperidine rings is 1. The first-order chi connectivity index (χ1) is 11.3. The Hall–Kier alpha value is -1.60. The molecule has 1 heterocycles. The number of nitrogens with one attached hydrogen (secondary N) is 1. The molecule has 1 amide bonds. The molecule has 1 saturated heterocycles. The van der Waals surface area contributed by atoms with Crippen LogP contribution >= 0.6 is 0 Å². The topological polar surface area (TPSA) is 75.7 Å². The molecule has 0 unspecified atom stereocenters. The zero-order valence-electron chi connectivity index (χ0n) is 14.8. The largest absolute Gasteiger partial charge is 0.494 e. The van der Waals surface area contributed by atoms with Crippen LogP contribution in [0, 0.1) is 19.8 Å². The van der Waals surface area contributed by atoms with Crippen LogP contribution in [0.1, 0.15) is 30.9 Å². The Kier molecular flexibility index (Phi) is 5.87. The Morgan fingerprint density at radius 1 is 1.25 bits per heavy atom. The number of sulfonamides is 1. The molecule has 6 nitrogen and oxygen atoms in total. The molecular weight excluding hydrogens is 328 g/mol. The molecule has 1 aliphatic rings. The standard InChI is InChI=1S/C17H26N2O4S/c1-5-23-15-10-13(3)16(11-12(15)2)24(21,22)19-8-6-14(7-9-19)17(20)18-4/h10-11,14H,5-9H2,1-4H3,(H,18,20). The van der Waals surface area contributed by atoms with Gasteiger partial charge in [-0.1, -0.05) is 0 Å². The summed E-state index contributed by atoms with van der Waals surface area (Å²) in [5, 5.41) is 2.63. The fourth-order valence-electron chi connectivity index (χ4n) is 3.05. The Morgan fingerprint density at radius 3 is 2.42 bits per heavy atom. The molecule has 0 bridgehead atoms. The van der Waals surface area contributed by atoms with Crippen LogP contribution in [0.5, 0.6) is 5.75 Å². The summed E-state index contributed by atoms with van der Waals surface area (Å²) in [5.41, 5.74) is 1.48. The van der Waals surface area contributed by atoms with Gasteiger partial charge in [0, 0.05) is 26.1 Å². The highest BCUT2D eigenvalue weighted by Crippen LogP contribution is 2.30. The van der Waals surface area contributed by atoms with Gasteiger partial charge in [-0.25, -0.2) is 8.42 Å². The minimum Gasteiger partial charge on any atom is -0.494 e. The van der Waals surface area contributed by atoms with Gasteiger partial charge in [0.05, 0.1) is 11.5 Å². The third-order valence-corrected chi connectivity index (χ3v) is 6.50. The van der Waals surface area contributed by atoms with E-state index in [2.05, 4.69) is 5.32 Å². The van der Waals surface area contributed by atoms with Crippen molar-refractivity contribution >= 4 is 15.9 Å². The van der Waals surface area contributed by atoms with E-state index in [1.54, 1.807) is 26.1 Å². The Balaban J connectivity index is 2.22. The third-order valence-electron chi connectivity index (χ3n) is 4.46. The summed E-state index contributed by atoms with van der Waals surface area (Å²) >= 11 is 0. The molecule has 24 heavy (non-hydrogen) atoms. The van der Waals surface area contributed by atoms with Gasteiger partial charge < -0.3 is 10.1 Å². The maximum atomic E-state index is 13.0. The summed E-state index contributed by atoms with van der Waals surface area (Å²) in [5.74, 6) is 0.594. The van der Waals surface area contributed by atoms with E-state index in [-0.39, 0.29) is 11.8 Å². The van der Waals surface area contributed by atoms with Crippen LogP contribution < -0.4 is 10.1 Å². The first-order valence-electron chi connectivity index (χ1n) is 8.27. The Labute approximate surface area is 144 Å². The number of aryl methyl sites for hydroxylation is 2. The molecule has 2 rings (SSSR count). The van der Waals surface area contributed by atoms with Gasteiger partial charge in [-0.3, -0.25) is 4.79 Å². The molecule has 1 fully saturated rings. The van der Waals surface area contributed by atoms with Crippen molar-refractivity contribution < 1.29 is 17.9 Å². The van der Waals surface area contributed by atoms with Gasteiger partial charge in [0.2, 0.25) is 15.9 Å². The summed E-state index contributed by atoms with van der Waals surface area (Å²) in [6.07, 6.45) is 1.10. The van der Waals surface area contributed by atoms with Crippen molar-refractivity contribution in [3.63, 3.8) is 0 Å². The van der Waals surface area contributed by atoms with Crippen LogP contribution in [0.4, 0.5) is 0 Å². The minimum atomic E-state index is -3.56. The number of amides is 1. The number of rotatable bonds is 5. The highest BCUT2D eigenvalue weighted by atomic mass is 32.2. The number of benzene rings is 1. The van der Waals surface area contributed by atoms with Crippen molar-refractivity contribution in [1.82, 2.24) is 9.62 Å². The molecular formula is C17H26N2O4S. The van der Waals surface area contributed by atoms with Crippen molar-refractivity contribution in [2.45, 2.75) is 38.5 Å². The highest BCUT2D eigenvalue weighted by Gasteiger charge is 2.32. The molecule has 1 aromatic rings. The lowest BCUT2D eigenvalue weighted by Crippen LogP contribution is -2.42. The lowest BCUT2D eigenvalue weighted by Gasteiger charge is -2.30. The number of ether oxygens (including phenoxy) is 1. The van der Waals surface area contributed by atoms with Crippen LogP contribution in [0.2, 0.25) is 0 Å². The summed E-state index contributed by atoms with van der Waals surface area (Å²) in [6.45, 7) is 6.81. The van der Waals surface area contributed by atoms with Crippen molar-refractivity contribution in [1.29, 1.82) is 0 Å². The fraction of sp³-hybridized carbons (Fsp3) is 0.588. The quantitative estimate of drug-likeness (QED) is 0.875. The second kappa shape index (κ2) is 7.53. The summed E-state index contributed by atoms with van der Waals surface area (Å²) in [7, 11) is -1.95. The Morgan fingerprint density at radius 2 is 1.88 bits per heavy atom. The number of hydrogen-bond donors (Lipinski definition) is 1. The molecule has 0 aliphatic carbocycles. The third kappa shape index (κ3) is 3.72. The first kappa shape index (κ1) is 18.7. The minimum absolute atomic E-state index is 0.0138. The highest BCUT2D eigenvalue weighted by molar-refractivity contribution is 7.89. The molecule has 1 N–H and O–H groups in total. The lowest BCUT2D eigenvalue weighted by atomic mass is 9.97. The van der Waals surface area contributed by atoms with Crippen molar-refractivity contribution in [2.75, 3.05) is 26.7 Å². The van der Waals surface area contributed by atoms with E-state index >= 15 is 0 Å². The van der Waals surface area contributed by atoms with Crippen LogP contribution in [0.15, 0.2) is 17.0 Å². The molecule has 1 aromatic carbocycles. The SMILES string of the molecule is CCOc1cc(C)c(S(=O)(=O)N2CCC(C(=O)NC)CC2)cc1C. The number of carbonyl (C=O) groups is 1. The van der Waals surface area contributed by atoms with E-state index in [0.717, 1.165) is 5.56 Å². The maximum Gasteiger partial charge on any atom is 0.243 e. The van der Waals surface area contributed by atoms with Gasteiger partial charge >= 0.3 is 0 Å². The number of nitrogens with zero attached hydrogens (tertiary/aromatic N) is 1. The van der Waals surface area contributed by atoms with Crippen LogP contribution in [-0.2, 0) is 14.8 Å². The molecule has 0 spiro atoms. The van der Waals surface area contributed by atoms with Gasteiger partial charge in [-0.2, -0.15) is 4.31 Å². The molecule has 0 saturated carbocycles. The number of hydrogen-bond acceptors (Lipinski definition) is 4. The second-order valence-electron chi connectivity index (χ2n) is 6.11. The average molecular weight is 354 g/mol. The van der Waals surface area contributed by atoms with E-state index in [4.69, 9.17) is 4.74 Å². The summed E-state index contributed by atoms with van der Waals surface area (Å²) in [6, 6.07) is 3.46. The van der Waals surface area contributed by atoms with E-state index in [0.29, 0.717) is 48.7 Å². The average Bonchev–Trinajstić information content (AvgIpc) is 2.57. The molecule has 0 radical (unpaired) electrons. The predicted molar refractivity (Wildman–Crippen MR) is 92.6 cm³/mol. The lowest BCUT2D eigenvalue weighted by molar-refractivity contribution is -0.125. The molecule has 0 atom stereocenters. The number of carbonyl (C=O) groups excluding carboxylic acids is 1.